The maximum absolute atomic E-state index is 12.1. The number of anilines is 1. The molecule has 0 fully saturated rings. The number of alkyl halides is 1. The molecule has 4 heteroatoms. The van der Waals surface area contributed by atoms with Crippen LogP contribution in [0.2, 0.25) is 0 Å². The van der Waals surface area contributed by atoms with Gasteiger partial charge in [-0.25, -0.2) is 0 Å². The Morgan fingerprint density at radius 3 is 2.44 bits per heavy atom. The number of carbonyl (C=O) groups is 1. The van der Waals surface area contributed by atoms with E-state index < -0.39 is 0 Å². The lowest BCUT2D eigenvalue weighted by atomic mass is 10.1. The van der Waals surface area contributed by atoms with E-state index >= 15 is 0 Å². The van der Waals surface area contributed by atoms with Crippen LogP contribution in [0.25, 0.3) is 0 Å². The summed E-state index contributed by atoms with van der Waals surface area (Å²) in [7, 11) is 0. The molecule has 0 saturated heterocycles. The van der Waals surface area contributed by atoms with E-state index in [2.05, 4.69) is 43.8 Å². The zero-order valence-corrected chi connectivity index (χ0v) is 13.2. The van der Waals surface area contributed by atoms with Crippen LogP contribution < -0.4 is 5.32 Å². The quantitative estimate of drug-likeness (QED) is 0.582. The van der Waals surface area contributed by atoms with Crippen LogP contribution in [-0.4, -0.2) is 5.91 Å². The highest BCUT2D eigenvalue weighted by molar-refractivity contribution is 14.1. The first-order chi connectivity index (χ1) is 8.70. The summed E-state index contributed by atoms with van der Waals surface area (Å²) in [6.07, 6.45) is 0. The fourth-order valence-electron chi connectivity index (χ4n) is 1.55. The Labute approximate surface area is 128 Å². The van der Waals surface area contributed by atoms with Crippen molar-refractivity contribution in [2.24, 2.45) is 0 Å². The van der Waals surface area contributed by atoms with E-state index in [9.17, 15) is 4.79 Å². The number of para-hydroxylation sites is 1. The van der Waals surface area contributed by atoms with Crippen molar-refractivity contribution in [2.45, 2.75) is 5.33 Å². The molecule has 2 aromatic rings. The fourth-order valence-corrected chi connectivity index (χ4v) is 2.40. The van der Waals surface area contributed by atoms with Crippen LogP contribution in [0.1, 0.15) is 15.9 Å². The van der Waals surface area contributed by atoms with Gasteiger partial charge in [0, 0.05) is 20.2 Å². The number of hydrogen-bond donors (Lipinski definition) is 1. The molecule has 2 nitrogen and oxygen atoms in total. The van der Waals surface area contributed by atoms with Crippen molar-refractivity contribution >= 4 is 50.1 Å². The summed E-state index contributed by atoms with van der Waals surface area (Å²) in [5.74, 6) is -0.0835. The van der Waals surface area contributed by atoms with E-state index in [0.717, 1.165) is 20.2 Å². The van der Waals surface area contributed by atoms with Gasteiger partial charge in [0.05, 0.1) is 0 Å². The minimum atomic E-state index is -0.0835. The lowest BCUT2D eigenvalue weighted by molar-refractivity contribution is 0.102. The topological polar surface area (TPSA) is 29.1 Å². The number of hydrogen-bond acceptors (Lipinski definition) is 1. The number of halogens is 2. The van der Waals surface area contributed by atoms with Gasteiger partial charge in [-0.1, -0.05) is 34.1 Å². The Balaban J connectivity index is 2.18. The van der Waals surface area contributed by atoms with E-state index in [4.69, 9.17) is 0 Å². The van der Waals surface area contributed by atoms with Gasteiger partial charge in [0.2, 0.25) is 0 Å². The molecule has 2 rings (SSSR count). The van der Waals surface area contributed by atoms with E-state index in [0.29, 0.717) is 5.56 Å². The summed E-state index contributed by atoms with van der Waals surface area (Å²) in [4.78, 5) is 12.1. The average Bonchev–Trinajstić information content (AvgIpc) is 2.40. The molecular weight excluding hydrogens is 405 g/mol. The van der Waals surface area contributed by atoms with Gasteiger partial charge in [0.15, 0.2) is 0 Å². The number of carbonyl (C=O) groups excluding carboxylic acids is 1. The molecule has 0 unspecified atom stereocenters. The van der Waals surface area contributed by atoms with Crippen LogP contribution in [0.5, 0.6) is 0 Å². The molecule has 0 atom stereocenters. The Hall–Kier alpha value is -0.880. The molecule has 0 saturated carbocycles. The standard InChI is InChI=1S/C14H11BrINO/c15-9-11-3-1-2-4-13(11)17-14(18)10-5-7-12(16)8-6-10/h1-8H,9H2,(H,17,18). The van der Waals surface area contributed by atoms with Crippen LogP contribution in [-0.2, 0) is 5.33 Å². The van der Waals surface area contributed by atoms with Crippen molar-refractivity contribution in [3.05, 3.63) is 63.2 Å². The highest BCUT2D eigenvalue weighted by Crippen LogP contribution is 2.19. The molecule has 1 N–H and O–H groups in total. The lowest BCUT2D eigenvalue weighted by Crippen LogP contribution is -2.12. The SMILES string of the molecule is O=C(Nc1ccccc1CBr)c1ccc(I)cc1. The summed E-state index contributed by atoms with van der Waals surface area (Å²) < 4.78 is 1.12. The Morgan fingerprint density at radius 2 is 1.78 bits per heavy atom. The highest BCUT2D eigenvalue weighted by atomic mass is 127. The van der Waals surface area contributed by atoms with Gasteiger partial charge in [0.1, 0.15) is 0 Å². The highest BCUT2D eigenvalue weighted by Gasteiger charge is 2.07. The largest absolute Gasteiger partial charge is 0.322 e. The second kappa shape index (κ2) is 6.33. The summed E-state index contributed by atoms with van der Waals surface area (Å²) in [6.45, 7) is 0. The smallest absolute Gasteiger partial charge is 0.255 e. The zero-order chi connectivity index (χ0) is 13.0. The second-order valence-electron chi connectivity index (χ2n) is 3.75. The summed E-state index contributed by atoms with van der Waals surface area (Å²) in [6, 6.07) is 15.3. The summed E-state index contributed by atoms with van der Waals surface area (Å²) in [5, 5.41) is 3.64. The van der Waals surface area contributed by atoms with Gasteiger partial charge in [-0.15, -0.1) is 0 Å². The number of rotatable bonds is 3. The molecule has 0 aromatic heterocycles. The van der Waals surface area contributed by atoms with Crippen LogP contribution in [0.15, 0.2) is 48.5 Å². The van der Waals surface area contributed by atoms with Gasteiger partial charge in [-0.05, 0) is 58.5 Å². The molecule has 1 amide bonds. The number of nitrogens with one attached hydrogen (secondary N) is 1. The minimum absolute atomic E-state index is 0.0835. The first kappa shape index (κ1) is 13.5. The monoisotopic (exact) mass is 415 g/mol. The fraction of sp³-hybridized carbons (Fsp3) is 0.0714. The van der Waals surface area contributed by atoms with E-state index in [1.54, 1.807) is 0 Å². The van der Waals surface area contributed by atoms with E-state index in [1.807, 2.05) is 48.5 Å². The molecule has 0 aliphatic rings. The van der Waals surface area contributed by atoms with E-state index in [1.165, 1.54) is 0 Å². The molecule has 18 heavy (non-hydrogen) atoms. The number of benzene rings is 2. The molecule has 92 valence electrons. The first-order valence-electron chi connectivity index (χ1n) is 5.41. The number of amides is 1. The van der Waals surface area contributed by atoms with Crippen molar-refractivity contribution in [1.29, 1.82) is 0 Å². The van der Waals surface area contributed by atoms with E-state index in [-0.39, 0.29) is 5.91 Å². The Morgan fingerprint density at radius 1 is 1.11 bits per heavy atom. The van der Waals surface area contributed by atoms with Crippen LogP contribution >= 0.6 is 38.5 Å². The van der Waals surface area contributed by atoms with Gasteiger partial charge in [-0.3, -0.25) is 4.79 Å². The average molecular weight is 416 g/mol. The molecular formula is C14H11BrINO. The second-order valence-corrected chi connectivity index (χ2v) is 5.56. The maximum Gasteiger partial charge on any atom is 0.255 e. The lowest BCUT2D eigenvalue weighted by Gasteiger charge is -2.09. The van der Waals surface area contributed by atoms with Gasteiger partial charge in [-0.2, -0.15) is 0 Å². The molecule has 0 aliphatic heterocycles. The summed E-state index contributed by atoms with van der Waals surface area (Å²) in [5.41, 5.74) is 2.58. The third-order valence-corrected chi connectivity index (χ3v) is 3.84. The molecule has 0 spiro atoms. The Kier molecular flexibility index (Phi) is 4.77. The first-order valence-corrected chi connectivity index (χ1v) is 7.61. The van der Waals surface area contributed by atoms with Crippen molar-refractivity contribution in [3.8, 4) is 0 Å². The van der Waals surface area contributed by atoms with Gasteiger partial charge < -0.3 is 5.32 Å². The molecule has 0 heterocycles. The Bertz CT molecular complexity index is 554. The molecule has 0 aliphatic carbocycles. The zero-order valence-electron chi connectivity index (χ0n) is 9.49. The minimum Gasteiger partial charge on any atom is -0.322 e. The van der Waals surface area contributed by atoms with Crippen molar-refractivity contribution in [1.82, 2.24) is 0 Å². The predicted octanol–water partition coefficient (Wildman–Crippen LogP) is 4.44. The van der Waals surface area contributed by atoms with Gasteiger partial charge >= 0.3 is 0 Å². The maximum atomic E-state index is 12.1. The molecule has 0 radical (unpaired) electrons. The van der Waals surface area contributed by atoms with Crippen molar-refractivity contribution < 1.29 is 4.79 Å². The molecule has 2 aromatic carbocycles. The summed E-state index contributed by atoms with van der Waals surface area (Å²) >= 11 is 5.63. The van der Waals surface area contributed by atoms with Crippen LogP contribution in [0, 0.1) is 3.57 Å². The van der Waals surface area contributed by atoms with Crippen LogP contribution in [0.3, 0.4) is 0 Å². The third-order valence-electron chi connectivity index (χ3n) is 2.52. The normalized spacial score (nSPS) is 10.1. The van der Waals surface area contributed by atoms with Crippen molar-refractivity contribution in [3.63, 3.8) is 0 Å². The van der Waals surface area contributed by atoms with Gasteiger partial charge in [0.25, 0.3) is 5.91 Å². The molecule has 0 bridgehead atoms. The third kappa shape index (κ3) is 3.32. The predicted molar refractivity (Wildman–Crippen MR) is 86.2 cm³/mol. The van der Waals surface area contributed by atoms with Crippen molar-refractivity contribution in [2.75, 3.05) is 5.32 Å². The van der Waals surface area contributed by atoms with Crippen LogP contribution in [0.4, 0.5) is 5.69 Å².